The summed E-state index contributed by atoms with van der Waals surface area (Å²) in [4.78, 5) is 13.7. The van der Waals surface area contributed by atoms with Crippen LogP contribution in [0, 0.1) is 0 Å². The molecule has 0 saturated carbocycles. The Morgan fingerprint density at radius 3 is 1.84 bits per heavy atom. The molecule has 5 rings (SSSR count). The lowest BCUT2D eigenvalue weighted by Crippen LogP contribution is -2.63. The van der Waals surface area contributed by atoms with Crippen molar-refractivity contribution >= 4 is 5.78 Å². The third-order valence-electron chi connectivity index (χ3n) is 9.17. The molecule has 19 nitrogen and oxygen atoms in total. The van der Waals surface area contributed by atoms with Gasteiger partial charge in [-0.25, -0.2) is 0 Å². The Morgan fingerprint density at radius 1 is 0.667 bits per heavy atom. The van der Waals surface area contributed by atoms with E-state index in [1.807, 2.05) is 0 Å². The van der Waals surface area contributed by atoms with E-state index in [4.69, 9.17) is 23.7 Å². The topological polar surface area (TPSA) is 326 Å². The fourth-order valence-electron chi connectivity index (χ4n) is 6.25. The molecule has 3 aliphatic rings. The number of aliphatic hydroxyl groups is 10. The molecule has 3 fully saturated rings. The molecule has 3 saturated heterocycles. The lowest BCUT2D eigenvalue weighted by atomic mass is 9.88. The van der Waals surface area contributed by atoms with E-state index in [2.05, 4.69) is 0 Å². The number of benzene rings is 2. The molecule has 0 spiro atoms. The zero-order valence-electron chi connectivity index (χ0n) is 26.8. The average molecular weight is 731 g/mol. The standard InChI is InChI=1S/C32H42O19/c33-8-16-21(39)24(42)28(46)32(50-16)51-29-18(10-35)47-30(26(44)25(29)43)20-14(38)7-15(48-31-27(45)22(40)17(9-34)49-31)19(23(20)41)13(37)6-3-11-1-4-12(36)5-2-11/h1-2,4-5,7,16-18,21-22,24-36,38-46H,3,6,8-10H2/t16-,17+,18-,21-,22+,24+,25-,26-,27-,28-,29+,30+,31-,32+/m1/s1. The molecule has 0 bridgehead atoms. The van der Waals surface area contributed by atoms with Gasteiger partial charge in [-0.05, 0) is 24.1 Å². The molecule has 51 heavy (non-hydrogen) atoms. The first kappa shape index (κ1) is 39.0. The Balaban J connectivity index is 1.46. The Labute approximate surface area is 289 Å². The van der Waals surface area contributed by atoms with Gasteiger partial charge in [0.1, 0.15) is 102 Å². The van der Waals surface area contributed by atoms with Gasteiger partial charge in [0.05, 0.1) is 25.4 Å². The normalized spacial score (nSPS) is 37.0. The highest BCUT2D eigenvalue weighted by Gasteiger charge is 2.52. The van der Waals surface area contributed by atoms with Crippen LogP contribution < -0.4 is 4.74 Å². The zero-order chi connectivity index (χ0) is 37.3. The number of aliphatic hydroxyl groups excluding tert-OH is 10. The van der Waals surface area contributed by atoms with Crippen LogP contribution in [-0.4, -0.2) is 172 Å². The van der Waals surface area contributed by atoms with Gasteiger partial charge in [-0.15, -0.1) is 0 Å². The molecule has 0 aromatic heterocycles. The minimum absolute atomic E-state index is 0.0182. The maximum Gasteiger partial charge on any atom is 0.229 e. The van der Waals surface area contributed by atoms with Crippen molar-refractivity contribution in [2.75, 3.05) is 19.8 Å². The molecule has 13 N–H and O–H groups in total. The first-order chi connectivity index (χ1) is 24.2. The summed E-state index contributed by atoms with van der Waals surface area (Å²) in [5.74, 6) is -3.25. The molecule has 0 aliphatic carbocycles. The van der Waals surface area contributed by atoms with Gasteiger partial charge in [-0.2, -0.15) is 0 Å². The molecule has 0 amide bonds. The van der Waals surface area contributed by atoms with E-state index in [1.165, 1.54) is 12.1 Å². The van der Waals surface area contributed by atoms with Gasteiger partial charge in [0, 0.05) is 12.5 Å². The van der Waals surface area contributed by atoms with Gasteiger partial charge in [-0.1, -0.05) is 12.1 Å². The van der Waals surface area contributed by atoms with E-state index in [9.17, 15) is 71.2 Å². The average Bonchev–Trinajstić information content (AvgIpc) is 3.38. The molecule has 2 aromatic carbocycles. The minimum Gasteiger partial charge on any atom is -0.508 e. The van der Waals surface area contributed by atoms with Gasteiger partial charge in [0.15, 0.2) is 12.1 Å². The van der Waals surface area contributed by atoms with Crippen LogP contribution in [0.2, 0.25) is 0 Å². The molecule has 284 valence electrons. The quantitative estimate of drug-likeness (QED) is 0.0920. The van der Waals surface area contributed by atoms with Crippen LogP contribution in [0.4, 0.5) is 0 Å². The molecule has 2 aromatic rings. The maximum absolute atomic E-state index is 13.7. The highest BCUT2D eigenvalue weighted by molar-refractivity contribution is 6.02. The van der Waals surface area contributed by atoms with Crippen molar-refractivity contribution in [3.05, 3.63) is 47.0 Å². The number of ketones is 1. The fourth-order valence-corrected chi connectivity index (χ4v) is 6.25. The van der Waals surface area contributed by atoms with Crippen LogP contribution in [0.5, 0.6) is 23.0 Å². The van der Waals surface area contributed by atoms with E-state index in [0.29, 0.717) is 5.56 Å². The van der Waals surface area contributed by atoms with Crippen molar-refractivity contribution in [3.8, 4) is 23.0 Å². The summed E-state index contributed by atoms with van der Waals surface area (Å²) in [6, 6.07) is 6.71. The second-order valence-corrected chi connectivity index (χ2v) is 12.5. The van der Waals surface area contributed by atoms with E-state index >= 15 is 0 Å². The van der Waals surface area contributed by atoms with E-state index < -0.39 is 140 Å². The Bertz CT molecular complexity index is 1490. The number of Topliss-reactive ketones (excluding diaryl/α,β-unsaturated/α-hetero) is 1. The third kappa shape index (κ3) is 7.77. The summed E-state index contributed by atoms with van der Waals surface area (Å²) in [7, 11) is 0. The van der Waals surface area contributed by atoms with Gasteiger partial charge < -0.3 is 90.1 Å². The summed E-state index contributed by atoms with van der Waals surface area (Å²) >= 11 is 0. The van der Waals surface area contributed by atoms with Gasteiger partial charge in [0.25, 0.3) is 0 Å². The van der Waals surface area contributed by atoms with Crippen LogP contribution in [0.3, 0.4) is 0 Å². The van der Waals surface area contributed by atoms with Crippen molar-refractivity contribution in [1.29, 1.82) is 0 Å². The number of carbonyl (C=O) groups is 1. The summed E-state index contributed by atoms with van der Waals surface area (Å²) in [6.45, 7) is -2.45. The van der Waals surface area contributed by atoms with Crippen LogP contribution in [0.25, 0.3) is 0 Å². The monoisotopic (exact) mass is 730 g/mol. The maximum atomic E-state index is 13.7. The molecule has 0 radical (unpaired) electrons. The molecular formula is C32H42O19. The van der Waals surface area contributed by atoms with Crippen LogP contribution >= 0.6 is 0 Å². The van der Waals surface area contributed by atoms with Crippen LogP contribution in [0.1, 0.15) is 34.0 Å². The predicted molar refractivity (Wildman–Crippen MR) is 164 cm³/mol. The van der Waals surface area contributed by atoms with Crippen LogP contribution in [-0.2, 0) is 25.4 Å². The van der Waals surface area contributed by atoms with Crippen molar-refractivity contribution in [3.63, 3.8) is 0 Å². The summed E-state index contributed by atoms with van der Waals surface area (Å²) in [5.41, 5.74) is -0.645. The first-order valence-electron chi connectivity index (χ1n) is 16.0. The van der Waals surface area contributed by atoms with Crippen molar-refractivity contribution in [2.24, 2.45) is 0 Å². The molecule has 3 aliphatic heterocycles. The molecule has 3 heterocycles. The minimum atomic E-state index is -2.09. The highest BCUT2D eigenvalue weighted by atomic mass is 16.7. The van der Waals surface area contributed by atoms with Gasteiger partial charge in [0.2, 0.25) is 6.29 Å². The van der Waals surface area contributed by atoms with Gasteiger partial charge >= 0.3 is 0 Å². The number of phenolic OH excluding ortho intramolecular Hbond substituents is 3. The highest BCUT2D eigenvalue weighted by Crippen LogP contribution is 2.48. The SMILES string of the molecule is O=C(CCc1ccc(O)cc1)c1c(O[C@@H]2O[C@@H](CO)[C@H](O)[C@H]2O)cc(O)c([C@@H]2O[C@H](CO)[C@H](O[C@@H]3O[C@H](CO)[C@@H](O)[C@H](O)[C@H]3O)[C@H](O)[C@H]2O)c1O. The second-order valence-electron chi connectivity index (χ2n) is 12.5. The van der Waals surface area contributed by atoms with Crippen molar-refractivity contribution in [2.45, 2.75) is 98.7 Å². The Morgan fingerprint density at radius 2 is 1.24 bits per heavy atom. The van der Waals surface area contributed by atoms with E-state index in [1.54, 1.807) is 12.1 Å². The Hall–Kier alpha value is -3.25. The largest absolute Gasteiger partial charge is 0.508 e. The Kier molecular flexibility index (Phi) is 12.4. The zero-order valence-corrected chi connectivity index (χ0v) is 26.8. The number of ether oxygens (including phenoxy) is 5. The number of phenols is 3. The lowest BCUT2D eigenvalue weighted by molar-refractivity contribution is -0.342. The van der Waals surface area contributed by atoms with Crippen molar-refractivity contribution in [1.82, 2.24) is 0 Å². The third-order valence-corrected chi connectivity index (χ3v) is 9.17. The number of aryl methyl sites for hydroxylation is 1. The van der Waals surface area contributed by atoms with E-state index in [-0.39, 0.29) is 18.6 Å². The second kappa shape index (κ2) is 16.2. The number of hydrogen-bond acceptors (Lipinski definition) is 19. The number of carbonyl (C=O) groups excluding carboxylic acids is 1. The van der Waals surface area contributed by atoms with E-state index in [0.717, 1.165) is 6.07 Å². The van der Waals surface area contributed by atoms with Crippen LogP contribution in [0.15, 0.2) is 30.3 Å². The summed E-state index contributed by atoms with van der Waals surface area (Å²) < 4.78 is 27.6. The lowest BCUT2D eigenvalue weighted by Gasteiger charge is -2.46. The van der Waals surface area contributed by atoms with Gasteiger partial charge in [-0.3, -0.25) is 4.79 Å². The summed E-state index contributed by atoms with van der Waals surface area (Å²) in [6.07, 6.45) is -24.6. The molecule has 19 heteroatoms. The number of rotatable bonds is 12. The van der Waals surface area contributed by atoms with Crippen molar-refractivity contribution < 1.29 is 94.9 Å². The predicted octanol–water partition coefficient (Wildman–Crippen LogP) is -4.22. The first-order valence-corrected chi connectivity index (χ1v) is 16.0. The fraction of sp³-hybridized carbons (Fsp3) is 0.594. The number of hydrogen-bond donors (Lipinski definition) is 13. The smallest absolute Gasteiger partial charge is 0.229 e. The number of aromatic hydroxyl groups is 3. The molecular weight excluding hydrogens is 688 g/mol. The summed E-state index contributed by atoms with van der Waals surface area (Å²) in [5, 5.41) is 135. The molecule has 14 atom stereocenters. The molecule has 0 unspecified atom stereocenters.